The van der Waals surface area contributed by atoms with Crippen LogP contribution in [0.1, 0.15) is 36.1 Å². The second-order valence-electron chi connectivity index (χ2n) is 5.91. The van der Waals surface area contributed by atoms with Crippen LogP contribution < -0.4 is 4.74 Å². The zero-order chi connectivity index (χ0) is 15.3. The second-order valence-corrected chi connectivity index (χ2v) is 6.35. The van der Waals surface area contributed by atoms with E-state index in [1.165, 1.54) is 11.1 Å². The summed E-state index contributed by atoms with van der Waals surface area (Å²) in [6, 6.07) is 14.5. The van der Waals surface area contributed by atoms with Crippen molar-refractivity contribution in [1.82, 2.24) is 5.01 Å². The van der Waals surface area contributed by atoms with Gasteiger partial charge in [-0.15, -0.1) is 0 Å². The number of rotatable bonds is 1. The van der Waals surface area contributed by atoms with Crippen molar-refractivity contribution in [3.8, 4) is 5.75 Å². The predicted molar refractivity (Wildman–Crippen MR) is 88.5 cm³/mol. The average molecular weight is 313 g/mol. The third kappa shape index (κ3) is 2.17. The van der Waals surface area contributed by atoms with E-state index in [0.29, 0.717) is 0 Å². The van der Waals surface area contributed by atoms with Crippen molar-refractivity contribution in [1.29, 1.82) is 0 Å². The van der Waals surface area contributed by atoms with Crippen molar-refractivity contribution < 1.29 is 4.74 Å². The molecule has 2 heterocycles. The second kappa shape index (κ2) is 5.03. The molecule has 4 rings (SSSR count). The number of benzene rings is 2. The van der Waals surface area contributed by atoms with E-state index in [4.69, 9.17) is 21.4 Å². The van der Waals surface area contributed by atoms with Crippen molar-refractivity contribution in [3.63, 3.8) is 0 Å². The molecule has 0 saturated carbocycles. The van der Waals surface area contributed by atoms with Crippen LogP contribution in [-0.2, 0) is 0 Å². The normalized spacial score (nSPS) is 22.7. The Kier molecular flexibility index (Phi) is 3.12. The molecule has 0 spiro atoms. The SMILES string of the molecule is Cc1ccc(C2=NN3[C@@H](C)Oc4ccc(Cl)cc4[C@@H]3C2)cc1. The van der Waals surface area contributed by atoms with Crippen LogP contribution in [0, 0.1) is 6.92 Å². The first-order valence-electron chi connectivity index (χ1n) is 7.51. The molecule has 0 aliphatic carbocycles. The monoisotopic (exact) mass is 312 g/mol. The Bertz CT molecular complexity index is 754. The number of hydrogen-bond acceptors (Lipinski definition) is 3. The highest BCUT2D eigenvalue weighted by atomic mass is 35.5. The van der Waals surface area contributed by atoms with Crippen LogP contribution in [0.15, 0.2) is 47.6 Å². The van der Waals surface area contributed by atoms with Gasteiger partial charge in [0.25, 0.3) is 0 Å². The molecule has 0 unspecified atom stereocenters. The van der Waals surface area contributed by atoms with Crippen LogP contribution in [0.2, 0.25) is 5.02 Å². The fourth-order valence-electron chi connectivity index (χ4n) is 3.16. The number of fused-ring (bicyclic) bond motifs is 3. The van der Waals surface area contributed by atoms with Crippen molar-refractivity contribution >= 4 is 17.3 Å². The van der Waals surface area contributed by atoms with E-state index < -0.39 is 0 Å². The first kappa shape index (κ1) is 13.6. The van der Waals surface area contributed by atoms with E-state index in [0.717, 1.165) is 28.5 Å². The number of halogens is 1. The summed E-state index contributed by atoms with van der Waals surface area (Å²) in [6.45, 7) is 4.13. The summed E-state index contributed by atoms with van der Waals surface area (Å²) in [7, 11) is 0. The summed E-state index contributed by atoms with van der Waals surface area (Å²) in [4.78, 5) is 0. The summed E-state index contributed by atoms with van der Waals surface area (Å²) in [6.07, 6.45) is 0.811. The summed E-state index contributed by atoms with van der Waals surface area (Å²) < 4.78 is 5.96. The zero-order valence-corrected chi connectivity index (χ0v) is 13.3. The highest BCUT2D eigenvalue weighted by molar-refractivity contribution is 6.30. The summed E-state index contributed by atoms with van der Waals surface area (Å²) >= 11 is 6.16. The molecular weight excluding hydrogens is 296 g/mol. The lowest BCUT2D eigenvalue weighted by Gasteiger charge is -2.36. The van der Waals surface area contributed by atoms with Gasteiger partial charge < -0.3 is 4.74 Å². The van der Waals surface area contributed by atoms with E-state index in [2.05, 4.69) is 31.2 Å². The van der Waals surface area contributed by atoms with Gasteiger partial charge in [-0.1, -0.05) is 41.4 Å². The number of ether oxygens (including phenoxy) is 1. The minimum Gasteiger partial charge on any atom is -0.469 e. The molecule has 112 valence electrons. The molecule has 0 fully saturated rings. The standard InChI is InChI=1S/C18H17ClN2O/c1-11-3-5-13(6-4-11)16-10-17-15-9-14(19)7-8-18(15)22-12(2)21(17)20-16/h3-9,12,17H,10H2,1-2H3/t12-,17+/m1/s1. The van der Waals surface area contributed by atoms with Gasteiger partial charge in [-0.05, 0) is 37.6 Å². The van der Waals surface area contributed by atoms with Gasteiger partial charge in [0, 0.05) is 17.0 Å². The van der Waals surface area contributed by atoms with E-state index in [9.17, 15) is 0 Å². The van der Waals surface area contributed by atoms with Gasteiger partial charge >= 0.3 is 0 Å². The summed E-state index contributed by atoms with van der Waals surface area (Å²) in [5, 5.41) is 7.59. The van der Waals surface area contributed by atoms with Gasteiger partial charge in [-0.2, -0.15) is 5.10 Å². The smallest absolute Gasteiger partial charge is 0.185 e. The van der Waals surface area contributed by atoms with Gasteiger partial charge in [-0.3, -0.25) is 5.01 Å². The van der Waals surface area contributed by atoms with Gasteiger partial charge in [0.05, 0.1) is 11.8 Å². The zero-order valence-electron chi connectivity index (χ0n) is 12.6. The number of hydrogen-bond donors (Lipinski definition) is 0. The van der Waals surface area contributed by atoms with Crippen LogP contribution in [0.5, 0.6) is 5.75 Å². The number of hydrazone groups is 1. The Morgan fingerprint density at radius 3 is 2.73 bits per heavy atom. The van der Waals surface area contributed by atoms with Gasteiger partial charge in [0.2, 0.25) is 0 Å². The lowest BCUT2D eigenvalue weighted by Crippen LogP contribution is -2.37. The van der Waals surface area contributed by atoms with Gasteiger partial charge in [0.1, 0.15) is 5.75 Å². The van der Waals surface area contributed by atoms with Crippen molar-refractivity contribution in [3.05, 3.63) is 64.2 Å². The van der Waals surface area contributed by atoms with Gasteiger partial charge in [-0.25, -0.2) is 0 Å². The molecule has 0 saturated heterocycles. The topological polar surface area (TPSA) is 24.8 Å². The van der Waals surface area contributed by atoms with Crippen LogP contribution in [0.25, 0.3) is 0 Å². The lowest BCUT2D eigenvalue weighted by atomic mass is 9.96. The number of nitrogens with zero attached hydrogens (tertiary/aromatic N) is 2. The Labute approximate surface area is 135 Å². The van der Waals surface area contributed by atoms with E-state index in [1.54, 1.807) is 0 Å². The molecule has 0 N–H and O–H groups in total. The summed E-state index contributed by atoms with van der Waals surface area (Å²) in [5.74, 6) is 0.915. The fraction of sp³-hybridized carbons (Fsp3) is 0.278. The lowest BCUT2D eigenvalue weighted by molar-refractivity contribution is -0.00334. The van der Waals surface area contributed by atoms with Crippen molar-refractivity contribution in [2.24, 2.45) is 5.10 Å². The maximum atomic E-state index is 6.16. The Hall–Kier alpha value is -2.00. The molecule has 0 amide bonds. The molecule has 2 aromatic carbocycles. The molecule has 2 aromatic rings. The first-order valence-corrected chi connectivity index (χ1v) is 7.88. The van der Waals surface area contributed by atoms with E-state index in [-0.39, 0.29) is 12.3 Å². The minimum absolute atomic E-state index is 0.0679. The minimum atomic E-state index is -0.0679. The third-order valence-corrected chi connectivity index (χ3v) is 4.56. The molecule has 3 nitrogen and oxygen atoms in total. The molecule has 2 aliphatic rings. The Morgan fingerprint density at radius 2 is 1.95 bits per heavy atom. The Balaban J connectivity index is 1.72. The maximum absolute atomic E-state index is 6.16. The van der Waals surface area contributed by atoms with Crippen LogP contribution >= 0.6 is 11.6 Å². The Morgan fingerprint density at radius 1 is 1.18 bits per heavy atom. The summed E-state index contributed by atoms with van der Waals surface area (Å²) in [5.41, 5.74) is 4.66. The molecule has 0 aromatic heterocycles. The number of aryl methyl sites for hydroxylation is 1. The van der Waals surface area contributed by atoms with Crippen LogP contribution in [0.3, 0.4) is 0 Å². The largest absolute Gasteiger partial charge is 0.469 e. The van der Waals surface area contributed by atoms with Crippen molar-refractivity contribution in [2.75, 3.05) is 0 Å². The molecule has 4 heteroatoms. The van der Waals surface area contributed by atoms with Crippen molar-refractivity contribution in [2.45, 2.75) is 32.5 Å². The van der Waals surface area contributed by atoms with Crippen LogP contribution in [-0.4, -0.2) is 16.9 Å². The molecule has 0 bridgehead atoms. The van der Waals surface area contributed by atoms with E-state index in [1.807, 2.05) is 30.1 Å². The third-order valence-electron chi connectivity index (χ3n) is 4.33. The van der Waals surface area contributed by atoms with Crippen LogP contribution in [0.4, 0.5) is 0 Å². The molecule has 22 heavy (non-hydrogen) atoms. The fourth-order valence-corrected chi connectivity index (χ4v) is 3.34. The first-order chi connectivity index (χ1) is 10.6. The molecule has 0 radical (unpaired) electrons. The molecule has 2 aliphatic heterocycles. The molecule has 2 atom stereocenters. The van der Waals surface area contributed by atoms with Gasteiger partial charge in [0.15, 0.2) is 6.23 Å². The molecular formula is C18H17ClN2O. The maximum Gasteiger partial charge on any atom is 0.185 e. The quantitative estimate of drug-likeness (QED) is 0.772. The van der Waals surface area contributed by atoms with E-state index >= 15 is 0 Å². The highest BCUT2D eigenvalue weighted by Gasteiger charge is 2.38. The predicted octanol–water partition coefficient (Wildman–Crippen LogP) is 4.54. The highest BCUT2D eigenvalue weighted by Crippen LogP contribution is 2.43. The average Bonchev–Trinajstić information content (AvgIpc) is 2.95.